The van der Waals surface area contributed by atoms with Gasteiger partial charge < -0.3 is 10.5 Å². The van der Waals surface area contributed by atoms with Gasteiger partial charge in [0.25, 0.3) is 0 Å². The lowest BCUT2D eigenvalue weighted by Crippen LogP contribution is -2.34. The van der Waals surface area contributed by atoms with Crippen LogP contribution in [0.1, 0.15) is 18.1 Å². The first-order chi connectivity index (χ1) is 8.86. The third-order valence-electron chi connectivity index (χ3n) is 3.20. The number of methoxy groups -OCH3 is 1. The Balaban J connectivity index is 3.30. The lowest BCUT2D eigenvalue weighted by atomic mass is 10.1. The number of rotatable bonds is 6. The molecule has 2 N–H and O–H groups in total. The smallest absolute Gasteiger partial charge is 0.245 e. The second kappa shape index (κ2) is 6.36. The van der Waals surface area contributed by atoms with E-state index in [0.29, 0.717) is 30.9 Å². The lowest BCUT2D eigenvalue weighted by Gasteiger charge is -2.22. The van der Waals surface area contributed by atoms with Gasteiger partial charge in [0.2, 0.25) is 10.0 Å². The van der Waals surface area contributed by atoms with Crippen LogP contribution in [0.2, 0.25) is 0 Å². The molecule has 0 amide bonds. The lowest BCUT2D eigenvalue weighted by molar-refractivity contribution is 0.180. The maximum Gasteiger partial charge on any atom is 0.245 e. The number of nitrogens with two attached hydrogens (primary N) is 1. The third-order valence-corrected chi connectivity index (χ3v) is 5.38. The van der Waals surface area contributed by atoms with Gasteiger partial charge in [-0.25, -0.2) is 8.42 Å². The molecule has 1 aromatic rings. The predicted molar refractivity (Wildman–Crippen MR) is 76.6 cm³/mol. The van der Waals surface area contributed by atoms with Crippen molar-refractivity contribution < 1.29 is 13.2 Å². The molecule has 0 radical (unpaired) electrons. The Bertz CT molecular complexity index is 541. The molecule has 0 heterocycles. The molecule has 0 bridgehead atoms. The molecule has 6 heteroatoms. The number of likely N-dealkylation sites (N-methyl/N-ethyl adjacent to an activating group) is 1. The summed E-state index contributed by atoms with van der Waals surface area (Å²) in [6, 6.07) is 3.47. The maximum absolute atomic E-state index is 12.7. The van der Waals surface area contributed by atoms with Crippen LogP contribution in [0.5, 0.6) is 0 Å². The summed E-state index contributed by atoms with van der Waals surface area (Å²) in [5.41, 5.74) is 7.77. The molecule has 0 atom stereocenters. The summed E-state index contributed by atoms with van der Waals surface area (Å²) in [7, 11) is -2.03. The average molecular weight is 286 g/mol. The number of benzene rings is 1. The Morgan fingerprint density at radius 1 is 1.32 bits per heavy atom. The normalized spacial score (nSPS) is 12.1. The van der Waals surface area contributed by atoms with Gasteiger partial charge in [-0.3, -0.25) is 0 Å². The highest BCUT2D eigenvalue weighted by Gasteiger charge is 2.27. The van der Waals surface area contributed by atoms with Gasteiger partial charge in [-0.15, -0.1) is 0 Å². The van der Waals surface area contributed by atoms with Gasteiger partial charge in [-0.1, -0.05) is 13.0 Å². The van der Waals surface area contributed by atoms with Crippen molar-refractivity contribution in [1.29, 1.82) is 0 Å². The zero-order valence-electron chi connectivity index (χ0n) is 11.9. The van der Waals surface area contributed by atoms with E-state index in [2.05, 4.69) is 0 Å². The fourth-order valence-corrected chi connectivity index (χ4v) is 3.75. The Morgan fingerprint density at radius 2 is 1.95 bits per heavy atom. The van der Waals surface area contributed by atoms with Crippen molar-refractivity contribution in [3.8, 4) is 0 Å². The number of aryl methyl sites for hydroxylation is 1. The van der Waals surface area contributed by atoms with Crippen LogP contribution in [-0.4, -0.2) is 39.5 Å². The summed E-state index contributed by atoms with van der Waals surface area (Å²) < 4.78 is 31.6. The molecule has 0 aliphatic rings. The van der Waals surface area contributed by atoms with E-state index in [4.69, 9.17) is 10.5 Å². The molecular formula is C13H22N2O3S. The number of ether oxygens (including phenoxy) is 1. The predicted octanol–water partition coefficient (Wildman–Crippen LogP) is 1.54. The van der Waals surface area contributed by atoms with Crippen LogP contribution in [0.3, 0.4) is 0 Å². The van der Waals surface area contributed by atoms with Crippen molar-refractivity contribution in [2.45, 2.75) is 25.7 Å². The summed E-state index contributed by atoms with van der Waals surface area (Å²) >= 11 is 0. The van der Waals surface area contributed by atoms with E-state index >= 15 is 0 Å². The van der Waals surface area contributed by atoms with Crippen LogP contribution in [0.15, 0.2) is 17.0 Å². The third kappa shape index (κ3) is 3.26. The monoisotopic (exact) mass is 286 g/mol. The maximum atomic E-state index is 12.7. The molecule has 0 saturated heterocycles. The largest absolute Gasteiger partial charge is 0.398 e. The van der Waals surface area contributed by atoms with Gasteiger partial charge in [0.1, 0.15) is 4.90 Å². The molecular weight excluding hydrogens is 264 g/mol. The van der Waals surface area contributed by atoms with Crippen molar-refractivity contribution in [2.75, 3.05) is 32.5 Å². The molecule has 5 nitrogen and oxygen atoms in total. The first kappa shape index (κ1) is 15.9. The van der Waals surface area contributed by atoms with Gasteiger partial charge in [0, 0.05) is 20.2 Å². The molecule has 19 heavy (non-hydrogen) atoms. The van der Waals surface area contributed by atoms with Crippen LogP contribution in [0, 0.1) is 13.8 Å². The molecule has 1 aromatic carbocycles. The SMILES string of the molecule is CCN(CCOC)S(=O)(=O)c1c(N)ccc(C)c1C. The molecule has 0 aliphatic carbocycles. The summed E-state index contributed by atoms with van der Waals surface area (Å²) in [5.74, 6) is 0. The second-order valence-corrected chi connectivity index (χ2v) is 6.29. The van der Waals surface area contributed by atoms with Gasteiger partial charge in [0.05, 0.1) is 12.3 Å². The number of hydrogen-bond donors (Lipinski definition) is 1. The van der Waals surface area contributed by atoms with Crippen molar-refractivity contribution in [1.82, 2.24) is 4.31 Å². The van der Waals surface area contributed by atoms with E-state index in [1.165, 1.54) is 4.31 Å². The molecule has 108 valence electrons. The van der Waals surface area contributed by atoms with Crippen LogP contribution in [0.4, 0.5) is 5.69 Å². The average Bonchev–Trinajstić information content (AvgIpc) is 2.34. The van der Waals surface area contributed by atoms with E-state index in [9.17, 15) is 8.42 Å². The number of nitrogens with zero attached hydrogens (tertiary/aromatic N) is 1. The van der Waals surface area contributed by atoms with E-state index in [-0.39, 0.29) is 4.90 Å². The minimum absolute atomic E-state index is 0.213. The second-order valence-electron chi connectivity index (χ2n) is 4.42. The first-order valence-corrected chi connectivity index (χ1v) is 7.65. The van der Waals surface area contributed by atoms with Crippen molar-refractivity contribution >= 4 is 15.7 Å². The van der Waals surface area contributed by atoms with Crippen LogP contribution < -0.4 is 5.73 Å². The number of sulfonamides is 1. The molecule has 0 aliphatic heterocycles. The van der Waals surface area contributed by atoms with E-state index in [1.807, 2.05) is 13.0 Å². The van der Waals surface area contributed by atoms with Gasteiger partial charge in [0.15, 0.2) is 0 Å². The van der Waals surface area contributed by atoms with Crippen molar-refractivity contribution in [3.05, 3.63) is 23.3 Å². The zero-order valence-corrected chi connectivity index (χ0v) is 12.8. The Kier molecular flexibility index (Phi) is 5.34. The Hall–Kier alpha value is -1.11. The highest BCUT2D eigenvalue weighted by molar-refractivity contribution is 7.89. The van der Waals surface area contributed by atoms with Gasteiger partial charge in [-0.2, -0.15) is 4.31 Å². The minimum atomic E-state index is -3.58. The van der Waals surface area contributed by atoms with Crippen LogP contribution >= 0.6 is 0 Å². The minimum Gasteiger partial charge on any atom is -0.398 e. The number of hydrogen-bond acceptors (Lipinski definition) is 4. The topological polar surface area (TPSA) is 72.6 Å². The quantitative estimate of drug-likeness (QED) is 0.805. The van der Waals surface area contributed by atoms with Crippen LogP contribution in [0.25, 0.3) is 0 Å². The molecule has 1 rings (SSSR count). The Morgan fingerprint density at radius 3 is 2.47 bits per heavy atom. The standard InChI is InChI=1S/C13H22N2O3S/c1-5-15(8-9-18-4)19(16,17)13-11(3)10(2)6-7-12(13)14/h6-7H,5,8-9,14H2,1-4H3. The fraction of sp³-hybridized carbons (Fsp3) is 0.538. The highest BCUT2D eigenvalue weighted by atomic mass is 32.2. The molecule has 0 unspecified atom stereocenters. The first-order valence-electron chi connectivity index (χ1n) is 6.21. The Labute approximate surface area is 115 Å². The molecule has 0 aromatic heterocycles. The summed E-state index contributed by atoms with van der Waals surface area (Å²) in [5, 5.41) is 0. The zero-order chi connectivity index (χ0) is 14.6. The number of anilines is 1. The van der Waals surface area contributed by atoms with Gasteiger partial charge >= 0.3 is 0 Å². The van der Waals surface area contributed by atoms with E-state index in [1.54, 1.807) is 27.0 Å². The molecule has 0 saturated carbocycles. The summed E-state index contributed by atoms with van der Waals surface area (Å²) in [6.07, 6.45) is 0. The van der Waals surface area contributed by atoms with Crippen molar-refractivity contribution in [3.63, 3.8) is 0 Å². The molecule has 0 spiro atoms. The fourth-order valence-electron chi connectivity index (χ4n) is 1.92. The van der Waals surface area contributed by atoms with Gasteiger partial charge in [-0.05, 0) is 31.0 Å². The number of nitrogen functional groups attached to an aromatic ring is 1. The summed E-state index contributed by atoms with van der Waals surface area (Å²) in [6.45, 7) is 6.52. The van der Waals surface area contributed by atoms with E-state index < -0.39 is 10.0 Å². The van der Waals surface area contributed by atoms with Crippen molar-refractivity contribution in [2.24, 2.45) is 0 Å². The van der Waals surface area contributed by atoms with Crippen LogP contribution in [-0.2, 0) is 14.8 Å². The highest BCUT2D eigenvalue weighted by Crippen LogP contribution is 2.28. The van der Waals surface area contributed by atoms with E-state index in [0.717, 1.165) is 5.56 Å². The molecule has 0 fully saturated rings. The summed E-state index contributed by atoms with van der Waals surface area (Å²) in [4.78, 5) is 0.213.